The lowest BCUT2D eigenvalue weighted by molar-refractivity contribution is 0.102. The number of rotatable bonds is 3. The molecule has 0 radical (unpaired) electrons. The van der Waals surface area contributed by atoms with E-state index < -0.39 is 10.0 Å². The summed E-state index contributed by atoms with van der Waals surface area (Å²) in [6.07, 6.45) is 0. The van der Waals surface area contributed by atoms with E-state index in [1.54, 1.807) is 32.0 Å². The van der Waals surface area contributed by atoms with E-state index in [4.69, 9.17) is 5.14 Å². The summed E-state index contributed by atoms with van der Waals surface area (Å²) >= 11 is 0. The van der Waals surface area contributed by atoms with Crippen LogP contribution in [-0.2, 0) is 10.0 Å². The molecule has 3 N–H and O–H groups in total. The number of amides is 1. The Kier molecular flexibility index (Phi) is 4.71. The minimum Gasteiger partial charge on any atom is -0.322 e. The number of hydrogen-bond acceptors (Lipinski definition) is 5. The molecule has 8 heteroatoms. The number of benzene rings is 2. The van der Waals surface area contributed by atoms with Crippen LogP contribution in [0, 0.1) is 27.7 Å². The lowest BCUT2D eigenvalue weighted by Crippen LogP contribution is -2.16. The topological polar surface area (TPSA) is 115 Å². The third kappa shape index (κ3) is 3.81. The average molecular weight is 384 g/mol. The van der Waals surface area contributed by atoms with Gasteiger partial charge in [0.15, 0.2) is 0 Å². The van der Waals surface area contributed by atoms with Crippen molar-refractivity contribution in [2.24, 2.45) is 5.14 Å². The van der Waals surface area contributed by atoms with Gasteiger partial charge < -0.3 is 5.32 Å². The van der Waals surface area contributed by atoms with Crippen molar-refractivity contribution in [1.29, 1.82) is 0 Å². The van der Waals surface area contributed by atoms with Crippen LogP contribution in [-0.4, -0.2) is 24.3 Å². The van der Waals surface area contributed by atoms with E-state index in [9.17, 15) is 13.2 Å². The number of fused-ring (bicyclic) bond motifs is 1. The molecule has 7 nitrogen and oxygen atoms in total. The van der Waals surface area contributed by atoms with Gasteiger partial charge in [-0.2, -0.15) is 0 Å². The molecule has 0 saturated carbocycles. The first-order valence-corrected chi connectivity index (χ1v) is 9.81. The molecule has 27 heavy (non-hydrogen) atoms. The molecular weight excluding hydrogens is 364 g/mol. The molecule has 0 atom stereocenters. The Morgan fingerprint density at radius 2 is 1.59 bits per heavy atom. The van der Waals surface area contributed by atoms with Gasteiger partial charge in [0.1, 0.15) is 0 Å². The SMILES string of the molecule is Cc1cc(S(N)(=O)=O)cc(NC(=O)c2ccc3nc(C)c(C)nc3c2)c1C. The number of carbonyl (C=O) groups is 1. The van der Waals surface area contributed by atoms with Gasteiger partial charge in [-0.15, -0.1) is 0 Å². The third-order valence-corrected chi connectivity index (χ3v) is 5.45. The summed E-state index contributed by atoms with van der Waals surface area (Å²) < 4.78 is 23.3. The van der Waals surface area contributed by atoms with Crippen LogP contribution in [0.4, 0.5) is 5.69 Å². The first kappa shape index (κ1) is 18.9. The molecule has 0 aliphatic heterocycles. The van der Waals surface area contributed by atoms with E-state index in [1.807, 2.05) is 13.8 Å². The Balaban J connectivity index is 1.99. The van der Waals surface area contributed by atoms with E-state index in [-0.39, 0.29) is 10.8 Å². The Hall–Kier alpha value is -2.84. The van der Waals surface area contributed by atoms with Crippen molar-refractivity contribution < 1.29 is 13.2 Å². The van der Waals surface area contributed by atoms with Crippen molar-refractivity contribution >= 4 is 32.7 Å². The molecule has 3 rings (SSSR count). The van der Waals surface area contributed by atoms with E-state index >= 15 is 0 Å². The molecular formula is C19H20N4O3S. The number of nitrogens with two attached hydrogens (primary N) is 1. The molecule has 1 heterocycles. The number of carbonyl (C=O) groups excluding carboxylic acids is 1. The average Bonchev–Trinajstić information content (AvgIpc) is 2.58. The Morgan fingerprint density at radius 3 is 2.22 bits per heavy atom. The number of nitrogens with one attached hydrogen (secondary N) is 1. The number of aryl methyl sites for hydroxylation is 3. The van der Waals surface area contributed by atoms with Gasteiger partial charge in [-0.3, -0.25) is 4.79 Å². The number of hydrogen-bond donors (Lipinski definition) is 2. The Labute approximate surface area is 157 Å². The second-order valence-electron chi connectivity index (χ2n) is 6.51. The first-order valence-electron chi connectivity index (χ1n) is 8.26. The van der Waals surface area contributed by atoms with E-state index in [2.05, 4.69) is 15.3 Å². The van der Waals surface area contributed by atoms with Crippen LogP contribution in [0.1, 0.15) is 32.9 Å². The standard InChI is InChI=1S/C19H20N4O3S/c1-10-7-15(27(20,25)26)9-17(11(10)2)23-19(24)14-5-6-16-18(8-14)22-13(4)12(3)21-16/h5-9H,1-4H3,(H,23,24)(H2,20,25,26). The third-order valence-electron chi connectivity index (χ3n) is 4.56. The maximum Gasteiger partial charge on any atom is 0.255 e. The summed E-state index contributed by atoms with van der Waals surface area (Å²) in [4.78, 5) is 21.6. The maximum atomic E-state index is 12.7. The highest BCUT2D eigenvalue weighted by Crippen LogP contribution is 2.24. The highest BCUT2D eigenvalue weighted by molar-refractivity contribution is 7.89. The van der Waals surface area contributed by atoms with Crippen LogP contribution in [0.5, 0.6) is 0 Å². The molecule has 0 spiro atoms. The largest absolute Gasteiger partial charge is 0.322 e. The van der Waals surface area contributed by atoms with Gasteiger partial charge in [0.05, 0.1) is 27.3 Å². The van der Waals surface area contributed by atoms with Gasteiger partial charge in [-0.05, 0) is 69.2 Å². The smallest absolute Gasteiger partial charge is 0.255 e. The molecule has 0 aliphatic carbocycles. The van der Waals surface area contributed by atoms with Gasteiger partial charge in [0.2, 0.25) is 10.0 Å². The predicted octanol–water partition coefficient (Wildman–Crippen LogP) is 2.76. The molecule has 1 aromatic heterocycles. The Morgan fingerprint density at radius 1 is 0.963 bits per heavy atom. The predicted molar refractivity (Wildman–Crippen MR) is 104 cm³/mol. The summed E-state index contributed by atoms with van der Waals surface area (Å²) in [7, 11) is -3.87. The van der Waals surface area contributed by atoms with Crippen LogP contribution in [0.2, 0.25) is 0 Å². The van der Waals surface area contributed by atoms with Crippen molar-refractivity contribution in [3.63, 3.8) is 0 Å². The van der Waals surface area contributed by atoms with Crippen LogP contribution in [0.3, 0.4) is 0 Å². The monoisotopic (exact) mass is 384 g/mol. The highest BCUT2D eigenvalue weighted by Gasteiger charge is 2.15. The molecule has 0 unspecified atom stereocenters. The fraction of sp³-hybridized carbons (Fsp3) is 0.211. The lowest BCUT2D eigenvalue weighted by Gasteiger charge is -2.13. The number of nitrogens with zero attached hydrogens (tertiary/aromatic N) is 2. The summed E-state index contributed by atoms with van der Waals surface area (Å²) in [5, 5.41) is 7.98. The van der Waals surface area contributed by atoms with Crippen molar-refractivity contribution in [3.8, 4) is 0 Å². The minimum atomic E-state index is -3.87. The van der Waals surface area contributed by atoms with Crippen LogP contribution in [0.25, 0.3) is 11.0 Å². The molecule has 0 aliphatic rings. The van der Waals surface area contributed by atoms with Gasteiger partial charge in [0.25, 0.3) is 5.91 Å². The summed E-state index contributed by atoms with van der Waals surface area (Å²) in [5.74, 6) is -0.369. The maximum absolute atomic E-state index is 12.7. The zero-order valence-electron chi connectivity index (χ0n) is 15.5. The van der Waals surface area contributed by atoms with Crippen molar-refractivity contribution in [3.05, 3.63) is 58.4 Å². The number of aromatic nitrogens is 2. The van der Waals surface area contributed by atoms with Gasteiger partial charge in [-0.1, -0.05) is 0 Å². The van der Waals surface area contributed by atoms with Gasteiger partial charge in [0, 0.05) is 11.3 Å². The zero-order valence-corrected chi connectivity index (χ0v) is 16.3. The van der Waals surface area contributed by atoms with E-state index in [0.29, 0.717) is 27.8 Å². The van der Waals surface area contributed by atoms with Crippen LogP contribution < -0.4 is 10.5 Å². The molecule has 0 bridgehead atoms. The normalized spacial score (nSPS) is 11.6. The second kappa shape index (κ2) is 6.71. The number of primary sulfonamides is 1. The molecule has 0 fully saturated rings. The fourth-order valence-corrected chi connectivity index (χ4v) is 3.31. The second-order valence-corrected chi connectivity index (χ2v) is 8.07. The quantitative estimate of drug-likeness (QED) is 0.720. The fourth-order valence-electron chi connectivity index (χ4n) is 2.69. The first-order chi connectivity index (χ1) is 12.6. The molecule has 1 amide bonds. The molecule has 2 aromatic carbocycles. The number of anilines is 1. The molecule has 0 saturated heterocycles. The minimum absolute atomic E-state index is 0.0450. The van der Waals surface area contributed by atoms with Gasteiger partial charge >= 0.3 is 0 Å². The summed E-state index contributed by atoms with van der Waals surface area (Å²) in [6.45, 7) is 7.30. The van der Waals surface area contributed by atoms with Gasteiger partial charge in [-0.25, -0.2) is 23.5 Å². The number of sulfonamides is 1. The highest BCUT2D eigenvalue weighted by atomic mass is 32.2. The molecule has 3 aromatic rings. The van der Waals surface area contributed by atoms with Crippen molar-refractivity contribution in [2.45, 2.75) is 32.6 Å². The summed E-state index contributed by atoms with van der Waals surface area (Å²) in [5.41, 5.74) is 5.25. The van der Waals surface area contributed by atoms with Crippen molar-refractivity contribution in [2.75, 3.05) is 5.32 Å². The lowest BCUT2D eigenvalue weighted by atomic mass is 10.1. The molecule has 140 valence electrons. The summed E-state index contributed by atoms with van der Waals surface area (Å²) in [6, 6.07) is 7.91. The van der Waals surface area contributed by atoms with Crippen molar-refractivity contribution in [1.82, 2.24) is 9.97 Å². The Bertz CT molecular complexity index is 1190. The van der Waals surface area contributed by atoms with E-state index in [0.717, 1.165) is 17.0 Å². The van der Waals surface area contributed by atoms with E-state index in [1.165, 1.54) is 12.1 Å². The van der Waals surface area contributed by atoms with Crippen LogP contribution >= 0.6 is 0 Å². The van der Waals surface area contributed by atoms with Crippen LogP contribution in [0.15, 0.2) is 35.2 Å². The zero-order chi connectivity index (χ0) is 19.9.